The Morgan fingerprint density at radius 3 is 2.69 bits per heavy atom. The van der Waals surface area contributed by atoms with Crippen LogP contribution in [-0.4, -0.2) is 11.9 Å². The lowest BCUT2D eigenvalue weighted by atomic mass is 9.90. The van der Waals surface area contributed by atoms with Gasteiger partial charge in [-0.15, -0.1) is 0 Å². The molecular formula is C11H11NO. The van der Waals surface area contributed by atoms with Crippen molar-refractivity contribution in [3.63, 3.8) is 0 Å². The Morgan fingerprint density at radius 2 is 1.77 bits per heavy atom. The molecule has 0 saturated carbocycles. The number of allylic oxidation sites excluding steroid dienone is 3. The summed E-state index contributed by atoms with van der Waals surface area (Å²) in [6.07, 6.45) is 12.8. The number of nitrogens with one attached hydrogen (secondary N) is 1. The van der Waals surface area contributed by atoms with E-state index in [0.29, 0.717) is 11.8 Å². The third-order valence-corrected chi connectivity index (χ3v) is 3.08. The Bertz CT molecular complexity index is 332. The van der Waals surface area contributed by atoms with Crippen molar-refractivity contribution in [3.05, 3.63) is 36.5 Å². The van der Waals surface area contributed by atoms with Gasteiger partial charge in [0.05, 0.1) is 12.0 Å². The van der Waals surface area contributed by atoms with E-state index in [1.807, 2.05) is 6.08 Å². The molecule has 3 rings (SSSR count). The summed E-state index contributed by atoms with van der Waals surface area (Å²) in [5.41, 5.74) is 0. The summed E-state index contributed by atoms with van der Waals surface area (Å²) in [5, 5.41) is 3.00. The molecule has 2 bridgehead atoms. The SMILES string of the molecule is O=C1N[C@H]2C=C[C@@H]3C=C[C@@H]2[C@@H]1C=C3. The van der Waals surface area contributed by atoms with E-state index in [0.717, 1.165) is 0 Å². The highest BCUT2D eigenvalue weighted by Crippen LogP contribution is 2.33. The van der Waals surface area contributed by atoms with Crippen molar-refractivity contribution in [3.8, 4) is 0 Å². The molecule has 0 unspecified atom stereocenters. The Balaban J connectivity index is 2.15. The quantitative estimate of drug-likeness (QED) is 0.545. The van der Waals surface area contributed by atoms with Crippen molar-refractivity contribution in [1.29, 1.82) is 0 Å². The minimum absolute atomic E-state index is 0.0659. The number of amides is 1. The molecule has 13 heavy (non-hydrogen) atoms. The molecule has 0 aromatic rings. The Hall–Kier alpha value is -1.31. The topological polar surface area (TPSA) is 29.1 Å². The predicted molar refractivity (Wildman–Crippen MR) is 49.8 cm³/mol. The summed E-state index contributed by atoms with van der Waals surface area (Å²) in [7, 11) is 0. The Kier molecular flexibility index (Phi) is 1.29. The molecule has 0 aromatic heterocycles. The molecule has 0 radical (unpaired) electrons. The molecule has 2 heteroatoms. The second kappa shape index (κ2) is 2.34. The van der Waals surface area contributed by atoms with E-state index in [1.54, 1.807) is 0 Å². The van der Waals surface area contributed by atoms with Crippen LogP contribution < -0.4 is 5.32 Å². The summed E-state index contributed by atoms with van der Waals surface area (Å²) >= 11 is 0. The fourth-order valence-electron chi connectivity index (χ4n) is 2.33. The van der Waals surface area contributed by atoms with E-state index in [1.165, 1.54) is 0 Å². The van der Waals surface area contributed by atoms with E-state index in [4.69, 9.17) is 0 Å². The first-order valence-electron chi connectivity index (χ1n) is 4.70. The second-order valence-electron chi connectivity index (χ2n) is 3.87. The van der Waals surface area contributed by atoms with Crippen molar-refractivity contribution in [2.75, 3.05) is 0 Å². The molecule has 1 amide bonds. The van der Waals surface area contributed by atoms with Gasteiger partial charge in [0.15, 0.2) is 0 Å². The molecule has 0 spiro atoms. The maximum absolute atomic E-state index is 11.5. The minimum atomic E-state index is 0.0659. The van der Waals surface area contributed by atoms with Crippen LogP contribution in [0.1, 0.15) is 0 Å². The second-order valence-corrected chi connectivity index (χ2v) is 3.87. The van der Waals surface area contributed by atoms with E-state index in [-0.39, 0.29) is 17.9 Å². The van der Waals surface area contributed by atoms with Crippen LogP contribution in [-0.2, 0) is 4.79 Å². The van der Waals surface area contributed by atoms with Crippen LogP contribution in [0.15, 0.2) is 36.5 Å². The monoisotopic (exact) mass is 173 g/mol. The molecule has 2 aliphatic carbocycles. The van der Waals surface area contributed by atoms with Crippen LogP contribution in [0, 0.1) is 17.8 Å². The average molecular weight is 173 g/mol. The first kappa shape index (κ1) is 7.13. The number of hydrogen-bond acceptors (Lipinski definition) is 1. The van der Waals surface area contributed by atoms with Gasteiger partial charge in [0.1, 0.15) is 0 Å². The summed E-state index contributed by atoms with van der Waals surface area (Å²) in [6.45, 7) is 0. The largest absolute Gasteiger partial charge is 0.349 e. The molecule has 2 nitrogen and oxygen atoms in total. The van der Waals surface area contributed by atoms with Crippen molar-refractivity contribution in [2.24, 2.45) is 17.8 Å². The van der Waals surface area contributed by atoms with Gasteiger partial charge in [-0.2, -0.15) is 0 Å². The summed E-state index contributed by atoms with van der Waals surface area (Å²) in [6, 6.07) is 0.226. The van der Waals surface area contributed by atoms with Gasteiger partial charge in [0.2, 0.25) is 5.91 Å². The maximum atomic E-state index is 11.5. The van der Waals surface area contributed by atoms with Gasteiger partial charge in [-0.05, 0) is 0 Å². The van der Waals surface area contributed by atoms with Crippen LogP contribution >= 0.6 is 0 Å². The lowest BCUT2D eigenvalue weighted by molar-refractivity contribution is -0.121. The zero-order valence-electron chi connectivity index (χ0n) is 7.18. The molecule has 0 aromatic carbocycles. The van der Waals surface area contributed by atoms with Gasteiger partial charge < -0.3 is 5.32 Å². The van der Waals surface area contributed by atoms with Gasteiger partial charge >= 0.3 is 0 Å². The first-order chi connectivity index (χ1) is 6.34. The zero-order valence-corrected chi connectivity index (χ0v) is 7.18. The summed E-state index contributed by atoms with van der Waals surface area (Å²) in [5.74, 6) is 0.969. The number of fused-ring (bicyclic) bond motifs is 1. The standard InChI is InChI=1S/C11H11NO/c13-11-9-5-2-7-1-4-8(9)10(12-11)6-3-7/h1-10H,(H,12,13)/t7-,8-,9+,10+/m1/s1. The van der Waals surface area contributed by atoms with E-state index >= 15 is 0 Å². The molecule has 3 aliphatic rings. The van der Waals surface area contributed by atoms with Crippen LogP contribution in [0.5, 0.6) is 0 Å². The van der Waals surface area contributed by atoms with Crippen molar-refractivity contribution >= 4 is 5.91 Å². The Labute approximate surface area is 77.0 Å². The van der Waals surface area contributed by atoms with Gasteiger partial charge in [0, 0.05) is 11.8 Å². The fourth-order valence-corrected chi connectivity index (χ4v) is 2.33. The van der Waals surface area contributed by atoms with Crippen LogP contribution in [0.25, 0.3) is 0 Å². The molecule has 1 saturated heterocycles. The highest BCUT2D eigenvalue weighted by molar-refractivity contribution is 5.84. The summed E-state index contributed by atoms with van der Waals surface area (Å²) < 4.78 is 0. The van der Waals surface area contributed by atoms with E-state index < -0.39 is 0 Å². The highest BCUT2D eigenvalue weighted by atomic mass is 16.2. The molecule has 1 heterocycles. The third-order valence-electron chi connectivity index (χ3n) is 3.08. The Morgan fingerprint density at radius 1 is 1.00 bits per heavy atom. The van der Waals surface area contributed by atoms with E-state index in [2.05, 4.69) is 35.7 Å². The van der Waals surface area contributed by atoms with Crippen LogP contribution in [0.4, 0.5) is 0 Å². The molecule has 1 fully saturated rings. The molecule has 1 aliphatic heterocycles. The predicted octanol–water partition coefficient (Wildman–Crippen LogP) is 1.03. The molecule has 1 N–H and O–H groups in total. The minimum Gasteiger partial charge on any atom is -0.349 e. The number of carbonyl (C=O) groups excluding carboxylic acids is 1. The maximum Gasteiger partial charge on any atom is 0.228 e. The number of hydrogen-bond donors (Lipinski definition) is 1. The number of carbonyl (C=O) groups is 1. The van der Waals surface area contributed by atoms with Crippen LogP contribution in [0.3, 0.4) is 0 Å². The lowest BCUT2D eigenvalue weighted by Crippen LogP contribution is -2.25. The third kappa shape index (κ3) is 0.916. The smallest absolute Gasteiger partial charge is 0.228 e. The van der Waals surface area contributed by atoms with Crippen molar-refractivity contribution < 1.29 is 4.79 Å². The first-order valence-corrected chi connectivity index (χ1v) is 4.70. The average Bonchev–Trinajstić information content (AvgIpc) is 2.29. The molecule has 66 valence electrons. The number of rotatable bonds is 0. The summed E-state index contributed by atoms with van der Waals surface area (Å²) in [4.78, 5) is 11.5. The van der Waals surface area contributed by atoms with Crippen molar-refractivity contribution in [1.82, 2.24) is 5.32 Å². The normalized spacial score (nSPS) is 44.8. The lowest BCUT2D eigenvalue weighted by Gasteiger charge is -2.12. The van der Waals surface area contributed by atoms with Crippen LogP contribution in [0.2, 0.25) is 0 Å². The zero-order chi connectivity index (χ0) is 8.84. The molecular weight excluding hydrogens is 162 g/mol. The van der Waals surface area contributed by atoms with Gasteiger partial charge in [-0.3, -0.25) is 4.79 Å². The van der Waals surface area contributed by atoms with Gasteiger partial charge in [0.25, 0.3) is 0 Å². The fraction of sp³-hybridized carbons (Fsp3) is 0.364. The van der Waals surface area contributed by atoms with Gasteiger partial charge in [-0.1, -0.05) is 36.5 Å². The molecule has 4 atom stereocenters. The van der Waals surface area contributed by atoms with E-state index in [9.17, 15) is 4.79 Å². The van der Waals surface area contributed by atoms with Crippen molar-refractivity contribution in [2.45, 2.75) is 6.04 Å². The highest BCUT2D eigenvalue weighted by Gasteiger charge is 2.39. The van der Waals surface area contributed by atoms with Gasteiger partial charge in [-0.25, -0.2) is 0 Å².